The molecule has 54 valence electrons. The minimum atomic E-state index is -0.730. The monoisotopic (exact) mass is 149 g/mol. The van der Waals surface area contributed by atoms with Gasteiger partial charge in [0.2, 0.25) is 0 Å². The van der Waals surface area contributed by atoms with Gasteiger partial charge < -0.3 is 10.8 Å². The summed E-state index contributed by atoms with van der Waals surface area (Å²) in [6.07, 6.45) is 1.55. The zero-order valence-corrected chi connectivity index (χ0v) is 6.23. The molecule has 1 aliphatic carbocycles. The molecule has 9 heavy (non-hydrogen) atoms. The number of hydrogen-bond acceptors (Lipinski definition) is 2. The number of halogens is 1. The van der Waals surface area contributed by atoms with Gasteiger partial charge in [-0.25, -0.2) is 0 Å². The maximum atomic E-state index is 9.42. The Morgan fingerprint density at radius 2 is 2.33 bits per heavy atom. The predicted molar refractivity (Wildman–Crippen MR) is 37.5 cm³/mol. The van der Waals surface area contributed by atoms with Gasteiger partial charge in [-0.15, -0.1) is 11.6 Å². The number of aliphatic hydroxyl groups is 1. The smallest absolute Gasteiger partial charge is 0.0784 e. The van der Waals surface area contributed by atoms with Gasteiger partial charge in [0.05, 0.1) is 11.0 Å². The van der Waals surface area contributed by atoms with Crippen LogP contribution in [0.5, 0.6) is 0 Å². The molecule has 0 bridgehead atoms. The Labute approximate surface area is 60.0 Å². The van der Waals surface area contributed by atoms with Crippen LogP contribution in [0.2, 0.25) is 0 Å². The van der Waals surface area contributed by atoms with E-state index in [4.69, 9.17) is 17.3 Å². The third-order valence-electron chi connectivity index (χ3n) is 2.03. The second kappa shape index (κ2) is 2.11. The first-order valence-electron chi connectivity index (χ1n) is 3.16. The van der Waals surface area contributed by atoms with Crippen molar-refractivity contribution in [3.8, 4) is 0 Å². The second-order valence-corrected chi connectivity index (χ2v) is 3.50. The maximum absolute atomic E-state index is 9.42. The van der Waals surface area contributed by atoms with Crippen molar-refractivity contribution < 1.29 is 5.11 Å². The van der Waals surface area contributed by atoms with Crippen LogP contribution in [0.4, 0.5) is 0 Å². The first-order chi connectivity index (χ1) is 4.04. The minimum absolute atomic E-state index is 0.0417. The lowest BCUT2D eigenvalue weighted by molar-refractivity contribution is 0.0523. The first kappa shape index (κ1) is 7.32. The summed E-state index contributed by atoms with van der Waals surface area (Å²) in [7, 11) is 0. The molecule has 2 nitrogen and oxygen atoms in total. The fourth-order valence-corrected chi connectivity index (χ4v) is 1.55. The SMILES string of the molecule is C[C@@]1(O)CC[C@H](Cl)[C@H]1N. The minimum Gasteiger partial charge on any atom is -0.389 e. The Kier molecular flexibility index (Phi) is 1.72. The van der Waals surface area contributed by atoms with Crippen LogP contribution >= 0.6 is 11.6 Å². The normalized spacial score (nSPS) is 52.0. The van der Waals surface area contributed by atoms with Gasteiger partial charge in [-0.3, -0.25) is 0 Å². The fraction of sp³-hybridized carbons (Fsp3) is 1.00. The van der Waals surface area contributed by atoms with E-state index in [1.165, 1.54) is 0 Å². The van der Waals surface area contributed by atoms with E-state index in [2.05, 4.69) is 0 Å². The van der Waals surface area contributed by atoms with E-state index in [1.807, 2.05) is 0 Å². The van der Waals surface area contributed by atoms with E-state index in [-0.39, 0.29) is 11.4 Å². The lowest BCUT2D eigenvalue weighted by atomic mass is 10.0. The van der Waals surface area contributed by atoms with Crippen LogP contribution in [0, 0.1) is 0 Å². The van der Waals surface area contributed by atoms with Gasteiger partial charge >= 0.3 is 0 Å². The molecule has 0 aromatic rings. The molecule has 0 amide bonds. The second-order valence-electron chi connectivity index (χ2n) is 2.94. The van der Waals surface area contributed by atoms with E-state index >= 15 is 0 Å². The van der Waals surface area contributed by atoms with Crippen LogP contribution in [-0.4, -0.2) is 22.1 Å². The van der Waals surface area contributed by atoms with Crippen LogP contribution in [-0.2, 0) is 0 Å². The van der Waals surface area contributed by atoms with Gasteiger partial charge in [-0.05, 0) is 19.8 Å². The van der Waals surface area contributed by atoms with Crippen molar-refractivity contribution in [2.45, 2.75) is 36.8 Å². The zero-order chi connectivity index (χ0) is 7.07. The molecule has 0 unspecified atom stereocenters. The molecule has 1 saturated carbocycles. The summed E-state index contributed by atoms with van der Waals surface area (Å²) < 4.78 is 0. The summed E-state index contributed by atoms with van der Waals surface area (Å²) in [4.78, 5) is 0. The van der Waals surface area contributed by atoms with Crippen molar-refractivity contribution >= 4 is 11.6 Å². The van der Waals surface area contributed by atoms with E-state index in [0.717, 1.165) is 12.8 Å². The highest BCUT2D eigenvalue weighted by molar-refractivity contribution is 6.21. The molecule has 3 N–H and O–H groups in total. The third kappa shape index (κ3) is 1.20. The fourth-order valence-electron chi connectivity index (χ4n) is 1.17. The molecule has 3 atom stereocenters. The molecule has 0 radical (unpaired) electrons. The molecule has 0 aromatic heterocycles. The van der Waals surface area contributed by atoms with Crippen molar-refractivity contribution in [2.75, 3.05) is 0 Å². The van der Waals surface area contributed by atoms with E-state index in [9.17, 15) is 5.11 Å². The summed E-state index contributed by atoms with van der Waals surface area (Å²) >= 11 is 5.76. The number of alkyl halides is 1. The van der Waals surface area contributed by atoms with Gasteiger partial charge in [0.25, 0.3) is 0 Å². The largest absolute Gasteiger partial charge is 0.389 e. The van der Waals surface area contributed by atoms with Gasteiger partial charge in [0.1, 0.15) is 0 Å². The van der Waals surface area contributed by atoms with Gasteiger partial charge in [-0.1, -0.05) is 0 Å². The summed E-state index contributed by atoms with van der Waals surface area (Å²) in [5, 5.41) is 9.38. The lowest BCUT2D eigenvalue weighted by Crippen LogP contribution is -2.44. The van der Waals surface area contributed by atoms with Gasteiger partial charge in [0, 0.05) is 6.04 Å². The third-order valence-corrected chi connectivity index (χ3v) is 2.52. The van der Waals surface area contributed by atoms with Crippen LogP contribution in [0.1, 0.15) is 19.8 Å². The molecular weight excluding hydrogens is 138 g/mol. The van der Waals surface area contributed by atoms with E-state index in [0.29, 0.717) is 0 Å². The Morgan fingerprint density at radius 3 is 2.44 bits per heavy atom. The van der Waals surface area contributed by atoms with Gasteiger partial charge in [0.15, 0.2) is 0 Å². The lowest BCUT2D eigenvalue weighted by Gasteiger charge is -2.22. The molecule has 0 heterocycles. The molecule has 3 heteroatoms. The standard InChI is InChI=1S/C6H12ClNO/c1-6(9)3-2-4(7)5(6)8/h4-5,9H,2-3,8H2,1H3/t4-,5+,6+/m0/s1. The molecular formula is C6H12ClNO. The molecule has 0 aliphatic heterocycles. The quantitative estimate of drug-likeness (QED) is 0.492. The summed E-state index contributed by atoms with van der Waals surface area (Å²) in [5.41, 5.74) is 4.84. The summed E-state index contributed by atoms with van der Waals surface area (Å²) in [6.45, 7) is 1.74. The van der Waals surface area contributed by atoms with Crippen molar-refractivity contribution in [1.29, 1.82) is 0 Å². The molecule has 0 saturated heterocycles. The number of nitrogens with two attached hydrogens (primary N) is 1. The predicted octanol–water partition coefficient (Wildman–Crippen LogP) is 0.466. The maximum Gasteiger partial charge on any atom is 0.0784 e. The Hall–Kier alpha value is 0.210. The van der Waals surface area contributed by atoms with Crippen LogP contribution in [0.3, 0.4) is 0 Å². The molecule has 1 aliphatic rings. The number of rotatable bonds is 0. The van der Waals surface area contributed by atoms with Crippen LogP contribution in [0.15, 0.2) is 0 Å². The average Bonchev–Trinajstić information content (AvgIpc) is 1.97. The van der Waals surface area contributed by atoms with Crippen molar-refractivity contribution in [3.05, 3.63) is 0 Å². The first-order valence-corrected chi connectivity index (χ1v) is 3.60. The topological polar surface area (TPSA) is 46.2 Å². The summed E-state index contributed by atoms with van der Waals surface area (Å²) in [6, 6.07) is -0.251. The highest BCUT2D eigenvalue weighted by Crippen LogP contribution is 2.31. The van der Waals surface area contributed by atoms with E-state index in [1.54, 1.807) is 6.92 Å². The van der Waals surface area contributed by atoms with E-state index < -0.39 is 5.60 Å². The van der Waals surface area contributed by atoms with Gasteiger partial charge in [-0.2, -0.15) is 0 Å². The van der Waals surface area contributed by atoms with Crippen molar-refractivity contribution in [3.63, 3.8) is 0 Å². The zero-order valence-electron chi connectivity index (χ0n) is 5.47. The molecule has 1 fully saturated rings. The molecule has 0 spiro atoms. The highest BCUT2D eigenvalue weighted by atomic mass is 35.5. The summed E-state index contributed by atoms with van der Waals surface area (Å²) in [5.74, 6) is 0. The Bertz CT molecular complexity index is 116. The molecule has 1 rings (SSSR count). The van der Waals surface area contributed by atoms with Crippen LogP contribution < -0.4 is 5.73 Å². The number of hydrogen-bond donors (Lipinski definition) is 2. The van der Waals surface area contributed by atoms with Crippen molar-refractivity contribution in [1.82, 2.24) is 0 Å². The Balaban J connectivity index is 2.62. The Morgan fingerprint density at radius 1 is 1.78 bits per heavy atom. The highest BCUT2D eigenvalue weighted by Gasteiger charge is 2.40. The van der Waals surface area contributed by atoms with Crippen LogP contribution in [0.25, 0.3) is 0 Å². The molecule has 0 aromatic carbocycles. The average molecular weight is 150 g/mol. The van der Waals surface area contributed by atoms with Crippen molar-refractivity contribution in [2.24, 2.45) is 5.73 Å².